The van der Waals surface area contributed by atoms with Gasteiger partial charge in [0, 0.05) is 24.8 Å². The van der Waals surface area contributed by atoms with E-state index in [1.54, 1.807) is 18.0 Å². The molecule has 0 saturated heterocycles. The SMILES string of the molecule is COCc1nc(NC2CCC(NC(=O)c3ccc(C)cc3)CC2)c2cnn(-c3ccccc3Cl)c2n1. The van der Waals surface area contributed by atoms with Gasteiger partial charge in [-0.3, -0.25) is 4.79 Å². The van der Waals surface area contributed by atoms with Crippen molar-refractivity contribution in [1.82, 2.24) is 25.1 Å². The maximum atomic E-state index is 12.6. The van der Waals surface area contributed by atoms with Gasteiger partial charge in [-0.2, -0.15) is 5.10 Å². The van der Waals surface area contributed by atoms with E-state index in [1.807, 2.05) is 55.5 Å². The van der Waals surface area contributed by atoms with Crippen molar-refractivity contribution in [3.8, 4) is 5.69 Å². The Morgan fingerprint density at radius 2 is 1.78 bits per heavy atom. The highest BCUT2D eigenvalue weighted by atomic mass is 35.5. The number of para-hydroxylation sites is 1. The van der Waals surface area contributed by atoms with Crippen molar-refractivity contribution < 1.29 is 9.53 Å². The molecule has 186 valence electrons. The van der Waals surface area contributed by atoms with Crippen LogP contribution in [0.25, 0.3) is 16.7 Å². The average molecular weight is 505 g/mol. The third kappa shape index (κ3) is 5.20. The molecule has 2 N–H and O–H groups in total. The molecule has 8 nitrogen and oxygen atoms in total. The normalized spacial score (nSPS) is 17.8. The van der Waals surface area contributed by atoms with E-state index in [0.717, 1.165) is 48.1 Å². The topological polar surface area (TPSA) is 94.0 Å². The maximum absolute atomic E-state index is 12.6. The van der Waals surface area contributed by atoms with Crippen molar-refractivity contribution >= 4 is 34.4 Å². The lowest BCUT2D eigenvalue weighted by molar-refractivity contribution is 0.0926. The summed E-state index contributed by atoms with van der Waals surface area (Å²) in [6.07, 6.45) is 5.40. The van der Waals surface area contributed by atoms with Gasteiger partial charge in [-0.05, 0) is 56.9 Å². The number of anilines is 1. The van der Waals surface area contributed by atoms with E-state index >= 15 is 0 Å². The minimum absolute atomic E-state index is 0.0138. The Hall–Kier alpha value is -3.49. The van der Waals surface area contributed by atoms with Crippen LogP contribution in [-0.4, -0.2) is 44.8 Å². The molecule has 2 heterocycles. The Kier molecular flexibility index (Phi) is 7.16. The molecule has 0 radical (unpaired) electrons. The van der Waals surface area contributed by atoms with Crippen molar-refractivity contribution in [2.24, 2.45) is 0 Å². The number of hydrogen-bond donors (Lipinski definition) is 2. The number of carbonyl (C=O) groups excluding carboxylic acids is 1. The molecule has 0 atom stereocenters. The maximum Gasteiger partial charge on any atom is 0.251 e. The van der Waals surface area contributed by atoms with Crippen LogP contribution in [0, 0.1) is 6.92 Å². The summed E-state index contributed by atoms with van der Waals surface area (Å²) < 4.78 is 7.05. The van der Waals surface area contributed by atoms with Crippen LogP contribution in [0.2, 0.25) is 5.02 Å². The van der Waals surface area contributed by atoms with Crippen LogP contribution in [0.15, 0.2) is 54.7 Å². The Balaban J connectivity index is 1.30. The molecule has 4 aromatic rings. The lowest BCUT2D eigenvalue weighted by Crippen LogP contribution is -2.40. The molecule has 2 aromatic heterocycles. The first-order valence-corrected chi connectivity index (χ1v) is 12.5. The van der Waals surface area contributed by atoms with Gasteiger partial charge in [0.25, 0.3) is 5.91 Å². The lowest BCUT2D eigenvalue weighted by Gasteiger charge is -2.30. The van der Waals surface area contributed by atoms with Gasteiger partial charge in [-0.1, -0.05) is 41.4 Å². The second kappa shape index (κ2) is 10.6. The van der Waals surface area contributed by atoms with E-state index in [4.69, 9.17) is 26.3 Å². The highest BCUT2D eigenvalue weighted by Gasteiger charge is 2.24. The van der Waals surface area contributed by atoms with E-state index < -0.39 is 0 Å². The zero-order chi connectivity index (χ0) is 25.1. The van der Waals surface area contributed by atoms with Gasteiger partial charge in [-0.25, -0.2) is 14.6 Å². The third-order valence-corrected chi connectivity index (χ3v) is 6.87. The molecular weight excluding hydrogens is 476 g/mol. The Bertz CT molecular complexity index is 1360. The summed E-state index contributed by atoms with van der Waals surface area (Å²) >= 11 is 6.43. The van der Waals surface area contributed by atoms with Crippen molar-refractivity contribution in [2.45, 2.75) is 51.3 Å². The number of methoxy groups -OCH3 is 1. The van der Waals surface area contributed by atoms with Gasteiger partial charge in [0.2, 0.25) is 0 Å². The molecule has 1 saturated carbocycles. The highest BCUT2D eigenvalue weighted by molar-refractivity contribution is 6.32. The van der Waals surface area contributed by atoms with Gasteiger partial charge in [0.05, 0.1) is 22.3 Å². The van der Waals surface area contributed by atoms with E-state index in [-0.39, 0.29) is 24.6 Å². The van der Waals surface area contributed by atoms with Crippen molar-refractivity contribution in [3.05, 3.63) is 76.7 Å². The zero-order valence-electron chi connectivity index (χ0n) is 20.4. The molecule has 1 amide bonds. The molecular formula is C27H29ClN6O2. The van der Waals surface area contributed by atoms with E-state index in [2.05, 4.69) is 15.7 Å². The number of aryl methyl sites for hydroxylation is 1. The number of benzene rings is 2. The lowest BCUT2D eigenvalue weighted by atomic mass is 9.91. The van der Waals surface area contributed by atoms with E-state index in [0.29, 0.717) is 22.1 Å². The van der Waals surface area contributed by atoms with Crippen LogP contribution in [0.3, 0.4) is 0 Å². The molecule has 0 unspecified atom stereocenters. The minimum Gasteiger partial charge on any atom is -0.377 e. The van der Waals surface area contributed by atoms with Crippen LogP contribution < -0.4 is 10.6 Å². The Morgan fingerprint density at radius 1 is 1.06 bits per heavy atom. The third-order valence-electron chi connectivity index (χ3n) is 6.55. The molecule has 0 bridgehead atoms. The average Bonchev–Trinajstić information content (AvgIpc) is 3.30. The van der Waals surface area contributed by atoms with Gasteiger partial charge < -0.3 is 15.4 Å². The molecule has 1 aliphatic rings. The smallest absolute Gasteiger partial charge is 0.251 e. The Morgan fingerprint density at radius 3 is 2.50 bits per heavy atom. The number of aromatic nitrogens is 4. The molecule has 0 spiro atoms. The van der Waals surface area contributed by atoms with Crippen LogP contribution in [0.5, 0.6) is 0 Å². The number of nitrogens with one attached hydrogen (secondary N) is 2. The molecule has 5 rings (SSSR count). The standard InChI is InChI=1S/C27H29ClN6O2/c1-17-7-9-18(10-8-17)27(35)31-20-13-11-19(12-14-20)30-25-21-15-29-34(23-6-4-3-5-22(23)28)26(21)33-24(32-25)16-36-2/h3-10,15,19-20H,11-14,16H2,1-2H3,(H,31,35)(H,30,32,33). The van der Waals surface area contributed by atoms with Crippen LogP contribution in [0.1, 0.15) is 47.4 Å². The number of carbonyl (C=O) groups is 1. The number of fused-ring (bicyclic) bond motifs is 1. The van der Waals surface area contributed by atoms with Gasteiger partial charge in [0.1, 0.15) is 12.4 Å². The second-order valence-electron chi connectivity index (χ2n) is 9.20. The van der Waals surface area contributed by atoms with E-state index in [1.165, 1.54) is 0 Å². The molecule has 1 aliphatic carbocycles. The van der Waals surface area contributed by atoms with E-state index in [9.17, 15) is 4.79 Å². The van der Waals surface area contributed by atoms with Gasteiger partial charge >= 0.3 is 0 Å². The first-order valence-electron chi connectivity index (χ1n) is 12.1. The number of amides is 1. The van der Waals surface area contributed by atoms with Crippen molar-refractivity contribution in [2.75, 3.05) is 12.4 Å². The number of halogens is 1. The first kappa shape index (κ1) is 24.2. The van der Waals surface area contributed by atoms with Crippen LogP contribution in [0.4, 0.5) is 5.82 Å². The summed E-state index contributed by atoms with van der Waals surface area (Å²) in [5, 5.41) is 12.8. The van der Waals surface area contributed by atoms with Gasteiger partial charge in [0.15, 0.2) is 11.5 Å². The summed E-state index contributed by atoms with van der Waals surface area (Å²) in [6, 6.07) is 15.6. The fourth-order valence-corrected chi connectivity index (χ4v) is 4.82. The molecule has 0 aliphatic heterocycles. The summed E-state index contributed by atoms with van der Waals surface area (Å²) in [4.78, 5) is 22.0. The first-order chi connectivity index (χ1) is 17.5. The quantitative estimate of drug-likeness (QED) is 0.364. The number of hydrogen-bond acceptors (Lipinski definition) is 6. The van der Waals surface area contributed by atoms with Crippen molar-refractivity contribution in [3.63, 3.8) is 0 Å². The number of ether oxygens (including phenoxy) is 1. The summed E-state index contributed by atoms with van der Waals surface area (Å²) in [5.74, 6) is 1.29. The minimum atomic E-state index is -0.0138. The molecule has 1 fully saturated rings. The van der Waals surface area contributed by atoms with Crippen LogP contribution >= 0.6 is 11.6 Å². The van der Waals surface area contributed by atoms with Crippen LogP contribution in [-0.2, 0) is 11.3 Å². The highest BCUT2D eigenvalue weighted by Crippen LogP contribution is 2.29. The summed E-state index contributed by atoms with van der Waals surface area (Å²) in [7, 11) is 1.62. The summed E-state index contributed by atoms with van der Waals surface area (Å²) in [6.45, 7) is 2.30. The number of nitrogens with zero attached hydrogens (tertiary/aromatic N) is 4. The van der Waals surface area contributed by atoms with Crippen molar-refractivity contribution in [1.29, 1.82) is 0 Å². The number of rotatable bonds is 7. The summed E-state index contributed by atoms with van der Waals surface area (Å²) in [5.41, 5.74) is 3.27. The fourth-order valence-electron chi connectivity index (χ4n) is 4.61. The second-order valence-corrected chi connectivity index (χ2v) is 9.61. The predicted molar refractivity (Wildman–Crippen MR) is 141 cm³/mol. The molecule has 36 heavy (non-hydrogen) atoms. The fraction of sp³-hybridized carbons (Fsp3) is 0.333. The molecule has 9 heteroatoms. The monoisotopic (exact) mass is 504 g/mol. The Labute approximate surface area is 215 Å². The zero-order valence-corrected chi connectivity index (χ0v) is 21.1. The van der Waals surface area contributed by atoms with Gasteiger partial charge in [-0.15, -0.1) is 0 Å². The largest absolute Gasteiger partial charge is 0.377 e. The molecule has 2 aromatic carbocycles. The predicted octanol–water partition coefficient (Wildman–Crippen LogP) is 5.08.